The average molecular weight is 233 g/mol. The van der Waals surface area contributed by atoms with E-state index in [1.54, 1.807) is 9.34 Å². The van der Waals surface area contributed by atoms with E-state index in [-0.39, 0.29) is 0 Å². The van der Waals surface area contributed by atoms with E-state index in [1.165, 1.54) is 0 Å². The molecule has 0 aromatic heterocycles. The van der Waals surface area contributed by atoms with Crippen LogP contribution in [0.2, 0.25) is 0 Å². The summed E-state index contributed by atoms with van der Waals surface area (Å²) in [6, 6.07) is 0. The minimum atomic E-state index is -2.61. The Balaban J connectivity index is 5.13. The molecule has 0 aliphatic rings. The standard InChI is InChI=1S/C10H24N3OP/c1-8-9-10(2)13(7)15(14,11(3)4)12(5)6/h9H,8H2,1-7H3/b10-9-. The van der Waals surface area contributed by atoms with Gasteiger partial charge in [-0.05, 0) is 41.5 Å². The second-order valence-electron chi connectivity index (χ2n) is 3.99. The molecular formula is C10H24N3OP. The molecule has 0 atom stereocenters. The van der Waals surface area contributed by atoms with E-state index in [9.17, 15) is 4.57 Å². The second kappa shape index (κ2) is 5.69. The van der Waals surface area contributed by atoms with Gasteiger partial charge in [0.2, 0.25) is 0 Å². The Hall–Kier alpha value is -0.310. The van der Waals surface area contributed by atoms with Crippen LogP contribution in [0, 0.1) is 0 Å². The van der Waals surface area contributed by atoms with E-state index in [2.05, 4.69) is 13.0 Å². The number of nitrogens with zero attached hydrogens (tertiary/aromatic N) is 3. The molecule has 0 aromatic rings. The largest absolute Gasteiger partial charge is 0.309 e. The van der Waals surface area contributed by atoms with E-state index in [4.69, 9.17) is 0 Å². The molecule has 0 bridgehead atoms. The van der Waals surface area contributed by atoms with E-state index < -0.39 is 7.59 Å². The molecule has 0 fully saturated rings. The van der Waals surface area contributed by atoms with Crippen LogP contribution in [0.4, 0.5) is 0 Å². The fourth-order valence-electron chi connectivity index (χ4n) is 1.53. The minimum absolute atomic E-state index is 0.955. The lowest BCUT2D eigenvalue weighted by Crippen LogP contribution is -2.31. The first-order valence-corrected chi connectivity index (χ1v) is 6.71. The molecule has 4 nitrogen and oxygen atoms in total. The highest BCUT2D eigenvalue weighted by molar-refractivity contribution is 7.56. The van der Waals surface area contributed by atoms with Crippen LogP contribution < -0.4 is 0 Å². The average Bonchev–Trinajstić information content (AvgIpc) is 2.15. The van der Waals surface area contributed by atoms with Gasteiger partial charge in [0.05, 0.1) is 0 Å². The molecule has 0 radical (unpaired) electrons. The lowest BCUT2D eigenvalue weighted by molar-refractivity contribution is 0.386. The predicted octanol–water partition coefficient (Wildman–Crippen LogP) is 2.46. The zero-order valence-corrected chi connectivity index (χ0v) is 11.9. The van der Waals surface area contributed by atoms with Crippen molar-refractivity contribution in [1.29, 1.82) is 0 Å². The van der Waals surface area contributed by atoms with Gasteiger partial charge in [0.15, 0.2) is 0 Å². The van der Waals surface area contributed by atoms with Gasteiger partial charge in [0, 0.05) is 12.7 Å². The molecule has 0 spiro atoms. The zero-order chi connectivity index (χ0) is 12.2. The highest BCUT2D eigenvalue weighted by Crippen LogP contribution is 2.53. The molecule has 0 aliphatic carbocycles. The van der Waals surface area contributed by atoms with Crippen molar-refractivity contribution in [3.63, 3.8) is 0 Å². The number of rotatable bonds is 5. The molecule has 15 heavy (non-hydrogen) atoms. The molecule has 0 amide bonds. The van der Waals surface area contributed by atoms with Crippen LogP contribution in [-0.2, 0) is 4.57 Å². The Labute approximate surface area is 94.1 Å². The van der Waals surface area contributed by atoms with Gasteiger partial charge >= 0.3 is 7.59 Å². The molecular weight excluding hydrogens is 209 g/mol. The summed E-state index contributed by atoms with van der Waals surface area (Å²) in [6.45, 7) is 4.07. The molecule has 0 heterocycles. The summed E-state index contributed by atoms with van der Waals surface area (Å²) in [5.41, 5.74) is 1.04. The highest BCUT2D eigenvalue weighted by atomic mass is 31.2. The van der Waals surface area contributed by atoms with Crippen molar-refractivity contribution in [2.24, 2.45) is 0 Å². The molecule has 0 aliphatic heterocycles. The molecule has 5 heteroatoms. The van der Waals surface area contributed by atoms with E-state index in [0.29, 0.717) is 0 Å². The molecule has 0 unspecified atom stereocenters. The van der Waals surface area contributed by atoms with Gasteiger partial charge in [-0.25, -0.2) is 9.34 Å². The van der Waals surface area contributed by atoms with Crippen LogP contribution >= 0.6 is 7.59 Å². The number of allylic oxidation sites excluding steroid dienone is 2. The lowest BCUT2D eigenvalue weighted by atomic mass is 10.4. The zero-order valence-electron chi connectivity index (χ0n) is 11.0. The van der Waals surface area contributed by atoms with Crippen LogP contribution in [0.15, 0.2) is 11.8 Å². The Kier molecular flexibility index (Phi) is 5.57. The van der Waals surface area contributed by atoms with Crippen molar-refractivity contribution in [3.8, 4) is 0 Å². The SMILES string of the molecule is CC/C=C(/C)N(C)P(=O)(N(C)C)N(C)C. The topological polar surface area (TPSA) is 26.8 Å². The van der Waals surface area contributed by atoms with Gasteiger partial charge in [0.1, 0.15) is 0 Å². The quantitative estimate of drug-likeness (QED) is 0.681. The Bertz CT molecular complexity index is 262. The molecule has 0 saturated carbocycles. The van der Waals surface area contributed by atoms with E-state index in [0.717, 1.165) is 12.1 Å². The van der Waals surface area contributed by atoms with Crippen molar-refractivity contribution >= 4 is 7.59 Å². The van der Waals surface area contributed by atoms with Crippen LogP contribution in [0.25, 0.3) is 0 Å². The molecule has 0 saturated heterocycles. The Morgan fingerprint density at radius 3 is 1.80 bits per heavy atom. The Morgan fingerprint density at radius 1 is 1.13 bits per heavy atom. The van der Waals surface area contributed by atoms with Crippen molar-refractivity contribution in [3.05, 3.63) is 11.8 Å². The first-order chi connectivity index (χ1) is 6.78. The third-order valence-corrected chi connectivity index (χ3v) is 5.62. The fraction of sp³-hybridized carbons (Fsp3) is 0.800. The third kappa shape index (κ3) is 3.07. The second-order valence-corrected chi connectivity index (χ2v) is 7.21. The molecule has 90 valence electrons. The van der Waals surface area contributed by atoms with Gasteiger partial charge in [0.25, 0.3) is 0 Å². The number of hydrogen-bond donors (Lipinski definition) is 0. The van der Waals surface area contributed by atoms with Crippen molar-refractivity contribution in [2.75, 3.05) is 35.2 Å². The van der Waals surface area contributed by atoms with Crippen LogP contribution in [-0.4, -0.2) is 49.2 Å². The van der Waals surface area contributed by atoms with Crippen LogP contribution in [0.1, 0.15) is 20.3 Å². The number of hydrogen-bond acceptors (Lipinski definition) is 1. The van der Waals surface area contributed by atoms with Crippen molar-refractivity contribution in [1.82, 2.24) is 14.0 Å². The lowest BCUT2D eigenvalue weighted by Gasteiger charge is -2.38. The van der Waals surface area contributed by atoms with Crippen molar-refractivity contribution < 1.29 is 4.57 Å². The maximum atomic E-state index is 12.8. The molecule has 0 N–H and O–H groups in total. The summed E-state index contributed by atoms with van der Waals surface area (Å²) in [4.78, 5) is 0. The van der Waals surface area contributed by atoms with Crippen molar-refractivity contribution in [2.45, 2.75) is 20.3 Å². The van der Waals surface area contributed by atoms with Crippen LogP contribution in [0.5, 0.6) is 0 Å². The molecule has 0 rings (SSSR count). The van der Waals surface area contributed by atoms with E-state index in [1.807, 2.05) is 46.8 Å². The van der Waals surface area contributed by atoms with Crippen LogP contribution in [0.3, 0.4) is 0 Å². The van der Waals surface area contributed by atoms with Gasteiger partial charge in [-0.15, -0.1) is 0 Å². The normalized spacial score (nSPS) is 13.8. The minimum Gasteiger partial charge on any atom is -0.307 e. The van der Waals surface area contributed by atoms with Gasteiger partial charge in [-0.3, -0.25) is 4.57 Å². The molecule has 0 aromatic carbocycles. The summed E-state index contributed by atoms with van der Waals surface area (Å²) in [6.07, 6.45) is 3.04. The maximum absolute atomic E-state index is 12.8. The summed E-state index contributed by atoms with van der Waals surface area (Å²) in [5, 5.41) is 0. The third-order valence-electron chi connectivity index (χ3n) is 2.44. The summed E-state index contributed by atoms with van der Waals surface area (Å²) in [7, 11) is 6.64. The Morgan fingerprint density at radius 2 is 1.53 bits per heavy atom. The summed E-state index contributed by atoms with van der Waals surface area (Å²) in [5.74, 6) is 0. The first-order valence-electron chi connectivity index (χ1n) is 5.15. The smallest absolute Gasteiger partial charge is 0.307 e. The maximum Gasteiger partial charge on any atom is 0.309 e. The monoisotopic (exact) mass is 233 g/mol. The fourth-order valence-corrected chi connectivity index (χ4v) is 3.81. The van der Waals surface area contributed by atoms with Gasteiger partial charge < -0.3 is 4.67 Å². The highest BCUT2D eigenvalue weighted by Gasteiger charge is 2.33. The van der Waals surface area contributed by atoms with Gasteiger partial charge in [-0.2, -0.15) is 0 Å². The predicted molar refractivity (Wildman–Crippen MR) is 66.8 cm³/mol. The summed E-state index contributed by atoms with van der Waals surface area (Å²) >= 11 is 0. The summed E-state index contributed by atoms with van der Waals surface area (Å²) < 4.78 is 18.2. The van der Waals surface area contributed by atoms with E-state index >= 15 is 0 Å². The first kappa shape index (κ1) is 14.7. The van der Waals surface area contributed by atoms with Gasteiger partial charge in [-0.1, -0.05) is 13.0 Å².